The lowest BCUT2D eigenvalue weighted by Gasteiger charge is -2.27. The number of aliphatic hydroxyl groups excluding tert-OH is 1. The lowest BCUT2D eigenvalue weighted by atomic mass is 9.98. The maximum atomic E-state index is 12.8. The SMILES string of the molecule is CCC(C)C(NC(=O)C(NC(=O)C(Cc1cnc[nH]1)NC(=O)C(C)N)C(C)O)C(=O)O. The molecule has 1 rings (SSSR count). The van der Waals surface area contributed by atoms with Crippen LogP contribution in [-0.4, -0.2) is 74.1 Å². The smallest absolute Gasteiger partial charge is 0.326 e. The van der Waals surface area contributed by atoms with E-state index in [0.717, 1.165) is 0 Å². The highest BCUT2D eigenvalue weighted by Crippen LogP contribution is 2.09. The molecule has 0 aliphatic carbocycles. The summed E-state index contributed by atoms with van der Waals surface area (Å²) in [5.41, 5.74) is 6.10. The third-order valence-corrected chi connectivity index (χ3v) is 4.86. The number of carbonyl (C=O) groups is 4. The molecule has 6 atom stereocenters. The minimum absolute atomic E-state index is 0.0308. The molecule has 174 valence electrons. The lowest BCUT2D eigenvalue weighted by molar-refractivity contribution is -0.144. The second kappa shape index (κ2) is 12.0. The lowest BCUT2D eigenvalue weighted by Crippen LogP contribution is -2.60. The van der Waals surface area contributed by atoms with Gasteiger partial charge in [0.05, 0.1) is 18.5 Å². The van der Waals surface area contributed by atoms with Crippen LogP contribution in [-0.2, 0) is 25.6 Å². The number of imidazole rings is 1. The summed E-state index contributed by atoms with van der Waals surface area (Å²) in [6.45, 7) is 6.18. The minimum Gasteiger partial charge on any atom is -0.480 e. The molecule has 0 saturated heterocycles. The number of nitrogens with two attached hydrogens (primary N) is 1. The first-order valence-corrected chi connectivity index (χ1v) is 10.0. The molecule has 1 aromatic heterocycles. The molecule has 6 unspecified atom stereocenters. The van der Waals surface area contributed by atoms with Crippen molar-refractivity contribution in [2.45, 2.75) is 70.8 Å². The summed E-state index contributed by atoms with van der Waals surface area (Å²) in [7, 11) is 0. The Morgan fingerprint density at radius 2 is 1.68 bits per heavy atom. The van der Waals surface area contributed by atoms with Crippen LogP contribution in [0, 0.1) is 5.92 Å². The number of nitrogens with one attached hydrogen (secondary N) is 4. The number of carboxylic acid groups (broad SMARTS) is 1. The largest absolute Gasteiger partial charge is 0.480 e. The standard InChI is InChI=1S/C19H32N6O6/c1-5-9(2)14(19(30)31)24-18(29)15(11(4)26)25-17(28)13(23-16(27)10(3)20)6-12-7-21-8-22-12/h7-11,13-15,26H,5-6,20H2,1-4H3,(H,21,22)(H,23,27)(H,24,29)(H,25,28)(H,30,31). The molecule has 1 aromatic rings. The zero-order chi connectivity index (χ0) is 23.7. The van der Waals surface area contributed by atoms with E-state index < -0.39 is 54.0 Å². The number of aromatic amines is 1. The maximum Gasteiger partial charge on any atom is 0.326 e. The molecular formula is C19H32N6O6. The van der Waals surface area contributed by atoms with E-state index in [2.05, 4.69) is 25.9 Å². The van der Waals surface area contributed by atoms with Gasteiger partial charge >= 0.3 is 5.97 Å². The Morgan fingerprint density at radius 3 is 2.13 bits per heavy atom. The van der Waals surface area contributed by atoms with E-state index in [1.807, 2.05) is 0 Å². The van der Waals surface area contributed by atoms with Crippen molar-refractivity contribution in [2.24, 2.45) is 11.7 Å². The van der Waals surface area contributed by atoms with Crippen LogP contribution in [0.15, 0.2) is 12.5 Å². The first kappa shape index (κ1) is 26.0. The van der Waals surface area contributed by atoms with Gasteiger partial charge in [-0.1, -0.05) is 20.3 Å². The molecule has 0 bridgehead atoms. The zero-order valence-corrected chi connectivity index (χ0v) is 18.1. The predicted octanol–water partition coefficient (Wildman–Crippen LogP) is -1.73. The molecule has 31 heavy (non-hydrogen) atoms. The summed E-state index contributed by atoms with van der Waals surface area (Å²) in [5.74, 6) is -3.78. The highest BCUT2D eigenvalue weighted by atomic mass is 16.4. The number of nitrogens with zero attached hydrogens (tertiary/aromatic N) is 1. The minimum atomic E-state index is -1.44. The molecule has 8 N–H and O–H groups in total. The number of carbonyl (C=O) groups excluding carboxylic acids is 3. The molecule has 1 heterocycles. The number of aromatic nitrogens is 2. The van der Waals surface area contributed by atoms with Crippen molar-refractivity contribution in [3.05, 3.63) is 18.2 Å². The summed E-state index contributed by atoms with van der Waals surface area (Å²) in [6.07, 6.45) is 2.08. The van der Waals surface area contributed by atoms with E-state index in [0.29, 0.717) is 12.1 Å². The fourth-order valence-corrected chi connectivity index (χ4v) is 2.71. The van der Waals surface area contributed by atoms with Crippen molar-refractivity contribution in [1.29, 1.82) is 0 Å². The van der Waals surface area contributed by atoms with E-state index in [9.17, 15) is 29.4 Å². The van der Waals surface area contributed by atoms with Gasteiger partial charge in [0.25, 0.3) is 0 Å². The molecule has 0 radical (unpaired) electrons. The highest BCUT2D eigenvalue weighted by molar-refractivity contribution is 5.94. The number of amides is 3. The number of hydrogen-bond acceptors (Lipinski definition) is 7. The third kappa shape index (κ3) is 7.98. The van der Waals surface area contributed by atoms with Gasteiger partial charge in [-0.2, -0.15) is 0 Å². The number of hydrogen-bond donors (Lipinski definition) is 7. The van der Waals surface area contributed by atoms with Gasteiger partial charge in [-0.15, -0.1) is 0 Å². The Kier molecular flexibility index (Phi) is 10.1. The van der Waals surface area contributed by atoms with E-state index in [1.54, 1.807) is 13.8 Å². The molecule has 0 saturated carbocycles. The normalized spacial score (nSPS) is 16.8. The Labute approximate surface area is 180 Å². The van der Waals surface area contributed by atoms with Crippen LogP contribution in [0.1, 0.15) is 39.8 Å². The fraction of sp³-hybridized carbons (Fsp3) is 0.632. The topological polar surface area (TPSA) is 200 Å². The quantitative estimate of drug-likeness (QED) is 0.199. The van der Waals surface area contributed by atoms with E-state index in [-0.39, 0.29) is 12.3 Å². The maximum absolute atomic E-state index is 12.8. The number of aliphatic carboxylic acids is 1. The van der Waals surface area contributed by atoms with Crippen molar-refractivity contribution < 1.29 is 29.4 Å². The van der Waals surface area contributed by atoms with Crippen LogP contribution in [0.25, 0.3) is 0 Å². The van der Waals surface area contributed by atoms with Crippen LogP contribution < -0.4 is 21.7 Å². The first-order valence-electron chi connectivity index (χ1n) is 10.0. The van der Waals surface area contributed by atoms with Crippen molar-refractivity contribution in [3.8, 4) is 0 Å². The molecule has 0 spiro atoms. The highest BCUT2D eigenvalue weighted by Gasteiger charge is 2.34. The van der Waals surface area contributed by atoms with Gasteiger partial charge in [-0.25, -0.2) is 9.78 Å². The van der Waals surface area contributed by atoms with Gasteiger partial charge < -0.3 is 36.9 Å². The molecule has 3 amide bonds. The summed E-state index contributed by atoms with van der Waals surface area (Å²) in [5, 5.41) is 26.7. The summed E-state index contributed by atoms with van der Waals surface area (Å²) < 4.78 is 0. The number of H-pyrrole nitrogens is 1. The molecule has 12 heteroatoms. The predicted molar refractivity (Wildman–Crippen MR) is 111 cm³/mol. The fourth-order valence-electron chi connectivity index (χ4n) is 2.71. The summed E-state index contributed by atoms with van der Waals surface area (Å²) in [4.78, 5) is 55.7. The van der Waals surface area contributed by atoms with Crippen molar-refractivity contribution in [1.82, 2.24) is 25.9 Å². The molecule has 12 nitrogen and oxygen atoms in total. The van der Waals surface area contributed by atoms with Gasteiger partial charge in [-0.3, -0.25) is 14.4 Å². The number of aliphatic hydroxyl groups is 1. The van der Waals surface area contributed by atoms with E-state index in [4.69, 9.17) is 5.73 Å². The Hall–Kier alpha value is -2.99. The van der Waals surface area contributed by atoms with Crippen molar-refractivity contribution in [2.75, 3.05) is 0 Å². The van der Waals surface area contributed by atoms with Crippen molar-refractivity contribution in [3.63, 3.8) is 0 Å². The summed E-state index contributed by atoms with van der Waals surface area (Å²) >= 11 is 0. The summed E-state index contributed by atoms with van der Waals surface area (Å²) in [6, 6.07) is -4.61. The zero-order valence-electron chi connectivity index (χ0n) is 18.1. The number of carboxylic acids is 1. The Bertz CT molecular complexity index is 751. The number of rotatable bonds is 12. The van der Waals surface area contributed by atoms with Crippen LogP contribution in [0.5, 0.6) is 0 Å². The molecule has 0 fully saturated rings. The third-order valence-electron chi connectivity index (χ3n) is 4.86. The monoisotopic (exact) mass is 440 g/mol. The second-order valence-corrected chi connectivity index (χ2v) is 7.57. The van der Waals surface area contributed by atoms with Gasteiger partial charge in [-0.05, 0) is 19.8 Å². The first-order chi connectivity index (χ1) is 14.5. The van der Waals surface area contributed by atoms with Crippen LogP contribution >= 0.6 is 0 Å². The van der Waals surface area contributed by atoms with Gasteiger partial charge in [0, 0.05) is 18.3 Å². The average Bonchev–Trinajstić information content (AvgIpc) is 3.21. The molecular weight excluding hydrogens is 408 g/mol. The Morgan fingerprint density at radius 1 is 1.06 bits per heavy atom. The van der Waals surface area contributed by atoms with Gasteiger partial charge in [0.1, 0.15) is 18.1 Å². The molecule has 0 aliphatic rings. The van der Waals surface area contributed by atoms with Crippen LogP contribution in [0.3, 0.4) is 0 Å². The Balaban J connectivity index is 2.99. The molecule has 0 aliphatic heterocycles. The van der Waals surface area contributed by atoms with Crippen molar-refractivity contribution >= 4 is 23.7 Å². The van der Waals surface area contributed by atoms with Gasteiger partial charge in [0.15, 0.2) is 0 Å². The average molecular weight is 441 g/mol. The molecule has 0 aromatic carbocycles. The van der Waals surface area contributed by atoms with E-state index >= 15 is 0 Å². The van der Waals surface area contributed by atoms with Crippen LogP contribution in [0.2, 0.25) is 0 Å². The van der Waals surface area contributed by atoms with Gasteiger partial charge in [0.2, 0.25) is 17.7 Å². The second-order valence-electron chi connectivity index (χ2n) is 7.57. The van der Waals surface area contributed by atoms with Crippen LogP contribution in [0.4, 0.5) is 0 Å². The van der Waals surface area contributed by atoms with E-state index in [1.165, 1.54) is 26.4 Å².